The summed E-state index contributed by atoms with van der Waals surface area (Å²) in [5, 5.41) is 27.3. The van der Waals surface area contributed by atoms with E-state index in [1.807, 2.05) is 12.3 Å². The molecule has 0 aliphatic carbocycles. The zero-order valence-corrected chi connectivity index (χ0v) is 13.6. The number of nitro benzene ring substituents is 1. The fraction of sp³-hybridized carbons (Fsp3) is 0.375. The number of aromatic nitrogens is 2. The average molecular weight is 342 g/mol. The van der Waals surface area contributed by atoms with Gasteiger partial charge >= 0.3 is 0 Å². The van der Waals surface area contributed by atoms with Crippen LogP contribution in [0.4, 0.5) is 17.1 Å². The van der Waals surface area contributed by atoms with Crippen LogP contribution in [0.2, 0.25) is 0 Å². The Kier molecular flexibility index (Phi) is 5.23. The zero-order valence-electron chi connectivity index (χ0n) is 13.6. The van der Waals surface area contributed by atoms with Crippen LogP contribution in [0.3, 0.4) is 0 Å². The summed E-state index contributed by atoms with van der Waals surface area (Å²) in [6.45, 7) is 4.97. The van der Waals surface area contributed by atoms with E-state index in [9.17, 15) is 10.1 Å². The fourth-order valence-electron chi connectivity index (χ4n) is 2.63. The quantitative estimate of drug-likeness (QED) is 0.629. The van der Waals surface area contributed by atoms with Crippen molar-refractivity contribution in [1.29, 1.82) is 5.26 Å². The van der Waals surface area contributed by atoms with E-state index in [0.29, 0.717) is 11.4 Å². The van der Waals surface area contributed by atoms with Crippen molar-refractivity contribution >= 4 is 17.1 Å². The van der Waals surface area contributed by atoms with E-state index < -0.39 is 4.92 Å². The lowest BCUT2D eigenvalue weighted by Crippen LogP contribution is -2.38. The van der Waals surface area contributed by atoms with Crippen LogP contribution < -0.4 is 5.32 Å². The predicted molar refractivity (Wildman–Crippen MR) is 90.6 cm³/mol. The van der Waals surface area contributed by atoms with Crippen LogP contribution in [-0.4, -0.2) is 52.5 Å². The van der Waals surface area contributed by atoms with E-state index in [0.717, 1.165) is 39.4 Å². The number of morpholine rings is 1. The Labute approximate surface area is 144 Å². The second-order valence-corrected chi connectivity index (χ2v) is 5.67. The van der Waals surface area contributed by atoms with Crippen LogP contribution in [0.5, 0.6) is 0 Å². The summed E-state index contributed by atoms with van der Waals surface area (Å²) in [6.07, 6.45) is 3.43. The molecule has 2 aromatic rings. The van der Waals surface area contributed by atoms with Crippen molar-refractivity contribution in [3.63, 3.8) is 0 Å². The molecule has 25 heavy (non-hydrogen) atoms. The van der Waals surface area contributed by atoms with E-state index in [2.05, 4.69) is 15.3 Å². The van der Waals surface area contributed by atoms with Gasteiger partial charge in [0.2, 0.25) is 0 Å². The molecule has 9 nitrogen and oxygen atoms in total. The molecule has 0 amide bonds. The lowest BCUT2D eigenvalue weighted by molar-refractivity contribution is -0.383. The number of nitrogens with zero attached hydrogens (tertiary/aromatic N) is 5. The van der Waals surface area contributed by atoms with Crippen LogP contribution in [0, 0.1) is 21.4 Å². The first-order chi connectivity index (χ1) is 12.2. The lowest BCUT2D eigenvalue weighted by Gasteiger charge is -2.26. The van der Waals surface area contributed by atoms with E-state index in [-0.39, 0.29) is 11.3 Å². The van der Waals surface area contributed by atoms with Gasteiger partial charge in [-0.1, -0.05) is 0 Å². The van der Waals surface area contributed by atoms with Crippen molar-refractivity contribution in [2.75, 3.05) is 38.2 Å². The van der Waals surface area contributed by atoms with Crippen molar-refractivity contribution in [3.05, 3.63) is 46.3 Å². The monoisotopic (exact) mass is 342 g/mol. The molecular weight excluding hydrogens is 324 g/mol. The Morgan fingerprint density at radius 2 is 2.16 bits per heavy atom. The summed E-state index contributed by atoms with van der Waals surface area (Å²) < 4.78 is 7.12. The smallest absolute Gasteiger partial charge is 0.293 e. The Balaban J connectivity index is 1.65. The van der Waals surface area contributed by atoms with Crippen LogP contribution in [0.1, 0.15) is 5.56 Å². The molecule has 1 aliphatic heterocycles. The summed E-state index contributed by atoms with van der Waals surface area (Å²) >= 11 is 0. The number of anilines is 2. The van der Waals surface area contributed by atoms with Gasteiger partial charge in [-0.15, -0.1) is 0 Å². The number of hydrogen-bond donors (Lipinski definition) is 1. The maximum atomic E-state index is 11.2. The molecule has 0 saturated carbocycles. The summed E-state index contributed by atoms with van der Waals surface area (Å²) in [7, 11) is 0. The SMILES string of the molecule is N#Cc1ccc(Nc2cnn(CCN3CCOCC3)c2)c([N+](=O)[O-])c1. The van der Waals surface area contributed by atoms with Crippen LogP contribution >= 0.6 is 0 Å². The molecule has 1 aromatic heterocycles. The molecule has 1 N–H and O–H groups in total. The summed E-state index contributed by atoms with van der Waals surface area (Å²) in [6, 6.07) is 6.23. The Morgan fingerprint density at radius 1 is 1.36 bits per heavy atom. The van der Waals surface area contributed by atoms with Crippen LogP contribution in [0.15, 0.2) is 30.6 Å². The van der Waals surface area contributed by atoms with Gasteiger partial charge in [0.15, 0.2) is 0 Å². The van der Waals surface area contributed by atoms with Crippen LogP contribution in [0.25, 0.3) is 0 Å². The Bertz CT molecular complexity index is 791. The topological polar surface area (TPSA) is 109 Å². The first kappa shape index (κ1) is 16.9. The van der Waals surface area contributed by atoms with E-state index in [4.69, 9.17) is 10.00 Å². The summed E-state index contributed by atoms with van der Waals surface area (Å²) in [4.78, 5) is 13.0. The summed E-state index contributed by atoms with van der Waals surface area (Å²) in [5.41, 5.74) is 1.10. The second kappa shape index (κ2) is 7.74. The van der Waals surface area contributed by atoms with Gasteiger partial charge in [-0.25, -0.2) is 0 Å². The normalized spacial score (nSPS) is 14.8. The maximum absolute atomic E-state index is 11.2. The number of benzene rings is 1. The number of nitriles is 1. The molecule has 130 valence electrons. The molecule has 0 spiro atoms. The molecule has 0 radical (unpaired) electrons. The van der Waals surface area contributed by atoms with Gasteiger partial charge in [0.05, 0.1) is 48.2 Å². The lowest BCUT2D eigenvalue weighted by atomic mass is 10.2. The zero-order chi connectivity index (χ0) is 17.6. The molecule has 0 bridgehead atoms. The summed E-state index contributed by atoms with van der Waals surface area (Å²) in [5.74, 6) is 0. The molecule has 0 unspecified atom stereocenters. The molecular formula is C16H18N6O3. The number of hydrogen-bond acceptors (Lipinski definition) is 7. The highest BCUT2D eigenvalue weighted by Crippen LogP contribution is 2.28. The molecule has 1 saturated heterocycles. The minimum absolute atomic E-state index is 0.139. The van der Waals surface area contributed by atoms with E-state index in [1.54, 1.807) is 10.9 Å². The van der Waals surface area contributed by atoms with Gasteiger partial charge in [-0.3, -0.25) is 19.7 Å². The van der Waals surface area contributed by atoms with Crippen molar-refractivity contribution < 1.29 is 9.66 Å². The third-order valence-electron chi connectivity index (χ3n) is 3.98. The highest BCUT2D eigenvalue weighted by Gasteiger charge is 2.16. The molecule has 1 aliphatic rings. The van der Waals surface area contributed by atoms with E-state index >= 15 is 0 Å². The minimum atomic E-state index is -0.508. The minimum Gasteiger partial charge on any atom is -0.379 e. The standard InChI is InChI=1S/C16H18N6O3/c17-10-13-1-2-15(16(9-13)22(23)24)19-14-11-18-21(12-14)4-3-20-5-7-25-8-6-20/h1-2,9,11-12,19H,3-8H2. The van der Waals surface area contributed by atoms with Gasteiger partial charge < -0.3 is 10.1 Å². The highest BCUT2D eigenvalue weighted by molar-refractivity contribution is 5.70. The Hall–Kier alpha value is -2.96. The van der Waals surface area contributed by atoms with Crippen LogP contribution in [-0.2, 0) is 11.3 Å². The highest BCUT2D eigenvalue weighted by atomic mass is 16.6. The number of nitro groups is 1. The average Bonchev–Trinajstić information content (AvgIpc) is 3.08. The van der Waals surface area contributed by atoms with Gasteiger partial charge in [-0.05, 0) is 12.1 Å². The molecule has 1 fully saturated rings. The third-order valence-corrected chi connectivity index (χ3v) is 3.98. The Morgan fingerprint density at radius 3 is 2.88 bits per heavy atom. The van der Waals surface area contributed by atoms with Gasteiger partial charge in [0.25, 0.3) is 5.69 Å². The number of nitrogens with one attached hydrogen (secondary N) is 1. The van der Waals surface area contributed by atoms with Crippen molar-refractivity contribution in [2.24, 2.45) is 0 Å². The second-order valence-electron chi connectivity index (χ2n) is 5.67. The maximum Gasteiger partial charge on any atom is 0.293 e. The molecule has 1 aromatic carbocycles. The molecule has 9 heteroatoms. The number of ether oxygens (including phenoxy) is 1. The number of rotatable bonds is 6. The molecule has 3 rings (SSSR count). The van der Waals surface area contributed by atoms with Crippen molar-refractivity contribution in [2.45, 2.75) is 6.54 Å². The van der Waals surface area contributed by atoms with Gasteiger partial charge in [0.1, 0.15) is 5.69 Å². The van der Waals surface area contributed by atoms with Gasteiger partial charge in [0, 0.05) is 31.9 Å². The van der Waals surface area contributed by atoms with Gasteiger partial charge in [-0.2, -0.15) is 10.4 Å². The predicted octanol–water partition coefficient (Wildman–Crippen LogP) is 1.74. The van der Waals surface area contributed by atoms with E-state index in [1.165, 1.54) is 18.2 Å². The van der Waals surface area contributed by atoms with Crippen molar-refractivity contribution in [3.8, 4) is 6.07 Å². The van der Waals surface area contributed by atoms with Crippen molar-refractivity contribution in [1.82, 2.24) is 14.7 Å². The first-order valence-electron chi connectivity index (χ1n) is 7.94. The largest absolute Gasteiger partial charge is 0.379 e. The molecule has 0 atom stereocenters. The first-order valence-corrected chi connectivity index (χ1v) is 7.94. The third kappa shape index (κ3) is 4.32. The fourth-order valence-corrected chi connectivity index (χ4v) is 2.63. The molecule has 2 heterocycles.